The van der Waals surface area contributed by atoms with Gasteiger partial charge in [-0.2, -0.15) is 0 Å². The molecule has 1 aliphatic rings. The molecule has 2 aromatic rings. The number of carbonyl (C=O) groups excluding carboxylic acids is 2. The van der Waals surface area contributed by atoms with Crippen LogP contribution in [0.5, 0.6) is 0 Å². The van der Waals surface area contributed by atoms with Gasteiger partial charge in [-0.15, -0.1) is 11.3 Å². The average molecular weight is 301 g/mol. The van der Waals surface area contributed by atoms with Gasteiger partial charge in [0, 0.05) is 4.88 Å². The fourth-order valence-electron chi connectivity index (χ4n) is 2.88. The van der Waals surface area contributed by atoms with Crippen LogP contribution in [-0.4, -0.2) is 11.9 Å². The molecule has 0 unspecified atom stereocenters. The molecule has 0 saturated heterocycles. The van der Waals surface area contributed by atoms with E-state index in [2.05, 4.69) is 18.3 Å². The van der Waals surface area contributed by atoms with Crippen molar-refractivity contribution < 1.29 is 9.59 Å². The van der Waals surface area contributed by atoms with Crippen LogP contribution in [0.3, 0.4) is 0 Å². The molecule has 1 aromatic heterocycles. The number of rotatable bonds is 2. The highest BCUT2D eigenvalue weighted by molar-refractivity contribution is 7.20. The van der Waals surface area contributed by atoms with E-state index in [9.17, 15) is 9.59 Å². The summed E-state index contributed by atoms with van der Waals surface area (Å²) in [5.41, 5.74) is 15.6. The number of fused-ring (bicyclic) bond motifs is 3. The fourth-order valence-corrected chi connectivity index (χ4v) is 4.19. The van der Waals surface area contributed by atoms with Crippen LogP contribution in [-0.2, 0) is 12.8 Å². The molecule has 6 heteroatoms. The molecule has 0 fully saturated rings. The normalized spacial score (nSPS) is 12.4. The van der Waals surface area contributed by atoms with Crippen LogP contribution >= 0.6 is 11.3 Å². The number of primary amides is 2. The van der Waals surface area contributed by atoms with E-state index in [0.717, 1.165) is 28.8 Å². The van der Waals surface area contributed by atoms with Crippen LogP contribution in [0.25, 0.3) is 10.4 Å². The second-order valence-corrected chi connectivity index (χ2v) is 6.09. The molecule has 1 aliphatic carbocycles. The Hall–Kier alpha value is -2.34. The largest absolute Gasteiger partial charge is 0.365 e. The van der Waals surface area contributed by atoms with Gasteiger partial charge in [-0.3, -0.25) is 10.1 Å². The number of anilines is 1. The summed E-state index contributed by atoms with van der Waals surface area (Å²) in [6.07, 6.45) is 1.60. The van der Waals surface area contributed by atoms with Crippen molar-refractivity contribution in [2.75, 3.05) is 5.32 Å². The van der Waals surface area contributed by atoms with Crippen molar-refractivity contribution in [2.24, 2.45) is 11.5 Å². The van der Waals surface area contributed by atoms with Crippen molar-refractivity contribution in [3.8, 4) is 10.4 Å². The maximum atomic E-state index is 11.8. The number of benzene rings is 1. The van der Waals surface area contributed by atoms with E-state index in [1.54, 1.807) is 0 Å². The van der Waals surface area contributed by atoms with Crippen molar-refractivity contribution in [2.45, 2.75) is 19.8 Å². The predicted molar refractivity (Wildman–Crippen MR) is 83.6 cm³/mol. The number of carbonyl (C=O) groups is 2. The smallest absolute Gasteiger partial charge is 0.317 e. The lowest BCUT2D eigenvalue weighted by molar-refractivity contribution is 0.100. The first-order valence-electron chi connectivity index (χ1n) is 6.59. The minimum Gasteiger partial charge on any atom is -0.365 e. The first-order valence-corrected chi connectivity index (χ1v) is 7.41. The van der Waals surface area contributed by atoms with E-state index in [1.165, 1.54) is 22.5 Å². The molecule has 5 N–H and O–H groups in total. The number of thiophene rings is 1. The minimum atomic E-state index is -0.694. The lowest BCUT2D eigenvalue weighted by Gasteiger charge is -2.18. The van der Waals surface area contributed by atoms with Crippen molar-refractivity contribution in [1.82, 2.24) is 0 Å². The third-order valence-electron chi connectivity index (χ3n) is 3.77. The summed E-state index contributed by atoms with van der Waals surface area (Å²) in [5, 5.41) is 2.95. The molecule has 0 radical (unpaired) electrons. The zero-order valence-corrected chi connectivity index (χ0v) is 12.3. The van der Waals surface area contributed by atoms with E-state index in [4.69, 9.17) is 11.5 Å². The van der Waals surface area contributed by atoms with Crippen LogP contribution in [0.1, 0.15) is 27.0 Å². The lowest BCUT2D eigenvalue weighted by Crippen LogP contribution is -2.22. The molecule has 1 heterocycles. The van der Waals surface area contributed by atoms with Crippen molar-refractivity contribution >= 4 is 28.3 Å². The summed E-state index contributed by atoms with van der Waals surface area (Å²) in [6.45, 7) is 2.08. The molecule has 0 aliphatic heterocycles. The monoisotopic (exact) mass is 301 g/mol. The molecule has 1 aromatic carbocycles. The Labute approximate surface area is 126 Å². The Balaban J connectivity index is 2.23. The summed E-state index contributed by atoms with van der Waals surface area (Å²) in [6, 6.07) is 5.42. The van der Waals surface area contributed by atoms with Gasteiger partial charge < -0.3 is 11.5 Å². The second kappa shape index (κ2) is 4.89. The minimum absolute atomic E-state index is 0.390. The van der Waals surface area contributed by atoms with Gasteiger partial charge in [0.1, 0.15) is 5.00 Å². The van der Waals surface area contributed by atoms with Gasteiger partial charge in [-0.1, -0.05) is 18.2 Å². The third kappa shape index (κ3) is 2.17. The molecule has 108 valence electrons. The second-order valence-electron chi connectivity index (χ2n) is 5.07. The summed E-state index contributed by atoms with van der Waals surface area (Å²) in [7, 11) is 0. The van der Waals surface area contributed by atoms with Crippen molar-refractivity contribution in [3.05, 3.63) is 40.5 Å². The predicted octanol–water partition coefficient (Wildman–Crippen LogP) is 2.41. The van der Waals surface area contributed by atoms with Crippen LogP contribution in [0.4, 0.5) is 9.80 Å². The number of aryl methyl sites for hydroxylation is 1. The van der Waals surface area contributed by atoms with E-state index < -0.39 is 11.9 Å². The summed E-state index contributed by atoms with van der Waals surface area (Å²) in [4.78, 5) is 23.9. The zero-order valence-electron chi connectivity index (χ0n) is 11.5. The van der Waals surface area contributed by atoms with Gasteiger partial charge in [0.05, 0.1) is 5.56 Å². The number of nitrogens with two attached hydrogens (primary N) is 2. The van der Waals surface area contributed by atoms with E-state index in [1.807, 2.05) is 12.1 Å². The van der Waals surface area contributed by atoms with Crippen LogP contribution in [0.2, 0.25) is 0 Å². The van der Waals surface area contributed by atoms with E-state index in [-0.39, 0.29) is 0 Å². The van der Waals surface area contributed by atoms with Gasteiger partial charge in [-0.25, -0.2) is 4.79 Å². The van der Waals surface area contributed by atoms with Crippen LogP contribution in [0.15, 0.2) is 18.2 Å². The number of hydrogen-bond acceptors (Lipinski definition) is 3. The molecule has 5 nitrogen and oxygen atoms in total. The summed E-state index contributed by atoms with van der Waals surface area (Å²) < 4.78 is 0. The average Bonchev–Trinajstić information content (AvgIpc) is 2.76. The highest BCUT2D eigenvalue weighted by atomic mass is 32.1. The van der Waals surface area contributed by atoms with Gasteiger partial charge in [-0.05, 0) is 42.0 Å². The topological polar surface area (TPSA) is 98.2 Å². The molecule has 0 saturated carbocycles. The first-order chi connectivity index (χ1) is 9.99. The first kappa shape index (κ1) is 13.6. The standard InChI is InChI=1S/C15H15N3O2S/c1-7-3-2-4-9-8(7)5-6-10-11(13(16)19)14(18-15(17)20)21-12(9)10/h2-4H,5-6H2,1H3,(H2,16,19)(H3,17,18,20). The molecular formula is C15H15N3O2S. The van der Waals surface area contributed by atoms with E-state index in [0.29, 0.717) is 10.6 Å². The van der Waals surface area contributed by atoms with Crippen LogP contribution < -0.4 is 16.8 Å². The van der Waals surface area contributed by atoms with Gasteiger partial charge in [0.2, 0.25) is 0 Å². The van der Waals surface area contributed by atoms with Gasteiger partial charge in [0.15, 0.2) is 0 Å². The Bertz CT molecular complexity index is 765. The highest BCUT2D eigenvalue weighted by Gasteiger charge is 2.28. The Morgan fingerprint density at radius 1 is 1.19 bits per heavy atom. The fraction of sp³-hybridized carbons (Fsp3) is 0.200. The summed E-state index contributed by atoms with van der Waals surface area (Å²) in [5.74, 6) is -0.535. The highest BCUT2D eigenvalue weighted by Crippen LogP contribution is 2.45. The molecule has 0 atom stereocenters. The lowest BCUT2D eigenvalue weighted by atomic mass is 9.87. The maximum Gasteiger partial charge on any atom is 0.317 e. The SMILES string of the molecule is Cc1cccc2c1CCc1c-2sc(NC(N)=O)c1C(N)=O. The molecule has 3 rings (SSSR count). The molecule has 3 amide bonds. The van der Waals surface area contributed by atoms with Crippen LogP contribution in [0, 0.1) is 6.92 Å². The number of amides is 3. The molecule has 21 heavy (non-hydrogen) atoms. The quantitative estimate of drug-likeness (QED) is 0.793. The Morgan fingerprint density at radius 2 is 1.90 bits per heavy atom. The number of nitrogens with one attached hydrogen (secondary N) is 1. The zero-order chi connectivity index (χ0) is 15.1. The molecule has 0 bridgehead atoms. The van der Waals surface area contributed by atoms with Crippen molar-refractivity contribution in [1.29, 1.82) is 0 Å². The van der Waals surface area contributed by atoms with Gasteiger partial charge in [0.25, 0.3) is 5.91 Å². The molecular weight excluding hydrogens is 286 g/mol. The summed E-state index contributed by atoms with van der Waals surface area (Å²) >= 11 is 1.36. The number of urea groups is 1. The van der Waals surface area contributed by atoms with Gasteiger partial charge >= 0.3 is 6.03 Å². The molecule has 0 spiro atoms. The Kier molecular flexibility index (Phi) is 3.17. The Morgan fingerprint density at radius 3 is 2.57 bits per heavy atom. The maximum absolute atomic E-state index is 11.8. The third-order valence-corrected chi connectivity index (χ3v) is 4.95. The van der Waals surface area contributed by atoms with Crippen molar-refractivity contribution in [3.63, 3.8) is 0 Å². The number of hydrogen-bond donors (Lipinski definition) is 3. The van der Waals surface area contributed by atoms with E-state index >= 15 is 0 Å².